The second-order valence-corrected chi connectivity index (χ2v) is 12.3. The van der Waals surface area contributed by atoms with Crippen LogP contribution >= 0.6 is 0 Å². The first-order chi connectivity index (χ1) is 14.2. The first-order valence-electron chi connectivity index (χ1n) is 13.0. The quantitative estimate of drug-likeness (QED) is 0.236. The zero-order valence-electron chi connectivity index (χ0n) is 22.6. The molecule has 0 radical (unpaired) electrons. The van der Waals surface area contributed by atoms with Crippen LogP contribution in [0.4, 0.5) is 0 Å². The van der Waals surface area contributed by atoms with E-state index in [2.05, 4.69) is 46.9 Å². The van der Waals surface area contributed by atoms with Crippen molar-refractivity contribution in [2.24, 2.45) is 35.0 Å². The largest absolute Gasteiger partial charge is 0.351 e. The van der Waals surface area contributed by atoms with Crippen molar-refractivity contribution in [3.05, 3.63) is 0 Å². The Kier molecular flexibility index (Phi) is 13.9. The fourth-order valence-electron chi connectivity index (χ4n) is 5.35. The lowest BCUT2D eigenvalue weighted by atomic mass is 9.79. The highest BCUT2D eigenvalue weighted by Gasteiger charge is 2.33. The van der Waals surface area contributed by atoms with Crippen molar-refractivity contribution < 1.29 is 9.59 Å². The lowest BCUT2D eigenvalue weighted by molar-refractivity contribution is -0.129. The Bertz CT molecular complexity index is 511. The smallest absolute Gasteiger partial charge is 0.223 e. The summed E-state index contributed by atoms with van der Waals surface area (Å²) in [5.74, 6) is 2.75. The predicted octanol–water partition coefficient (Wildman–Crippen LogP) is 7.82. The molecule has 1 N–H and O–H groups in total. The third-order valence-corrected chi connectivity index (χ3v) is 6.78. The van der Waals surface area contributed by atoms with Gasteiger partial charge in [-0.15, -0.1) is 0 Å². The fraction of sp³-hybridized carbons (Fsp3) is 0.929. The van der Waals surface area contributed by atoms with Gasteiger partial charge in [-0.1, -0.05) is 81.1 Å². The van der Waals surface area contributed by atoms with Crippen molar-refractivity contribution >= 4 is 12.2 Å². The summed E-state index contributed by atoms with van der Waals surface area (Å²) in [6, 6.07) is 0. The molecule has 0 aliphatic carbocycles. The van der Waals surface area contributed by atoms with Gasteiger partial charge < -0.3 is 10.1 Å². The fourth-order valence-corrected chi connectivity index (χ4v) is 5.35. The SMILES string of the molecule is CCCCC(C)CC(C)CC(CC(C)CC(C)CC)C(=O)NC(C)(C)CC(C)(C)C=O. The average molecular weight is 438 g/mol. The molecule has 0 saturated carbocycles. The standard InChI is InChI=1S/C28H55NO2/c1-11-13-14-22(4)16-24(6)18-25(17-23(5)15-21(3)12-2)26(31)29-28(9,10)19-27(7,8)20-30/h20-25H,11-19H2,1-10H3,(H,29,31). The first-order valence-corrected chi connectivity index (χ1v) is 13.0. The van der Waals surface area contributed by atoms with Gasteiger partial charge in [0.25, 0.3) is 0 Å². The Hall–Kier alpha value is -0.860. The highest BCUT2D eigenvalue weighted by atomic mass is 16.2. The van der Waals surface area contributed by atoms with Gasteiger partial charge in [-0.05, 0) is 69.6 Å². The number of rotatable bonds is 17. The Morgan fingerprint density at radius 3 is 1.81 bits per heavy atom. The van der Waals surface area contributed by atoms with Crippen molar-refractivity contribution in [3.8, 4) is 0 Å². The van der Waals surface area contributed by atoms with Crippen molar-refractivity contribution in [2.75, 3.05) is 0 Å². The van der Waals surface area contributed by atoms with Crippen LogP contribution in [0.25, 0.3) is 0 Å². The van der Waals surface area contributed by atoms with Crippen LogP contribution in [0.15, 0.2) is 0 Å². The second kappa shape index (κ2) is 14.3. The molecule has 0 aromatic heterocycles. The Balaban J connectivity index is 5.22. The van der Waals surface area contributed by atoms with E-state index in [9.17, 15) is 9.59 Å². The van der Waals surface area contributed by atoms with Gasteiger partial charge in [0.1, 0.15) is 6.29 Å². The second-order valence-electron chi connectivity index (χ2n) is 12.3. The summed E-state index contributed by atoms with van der Waals surface area (Å²) < 4.78 is 0. The molecular weight excluding hydrogens is 382 g/mol. The van der Waals surface area contributed by atoms with Crippen molar-refractivity contribution in [2.45, 2.75) is 133 Å². The van der Waals surface area contributed by atoms with Crippen LogP contribution in [-0.2, 0) is 9.59 Å². The molecule has 184 valence electrons. The minimum atomic E-state index is -0.432. The highest BCUT2D eigenvalue weighted by Crippen LogP contribution is 2.31. The van der Waals surface area contributed by atoms with Gasteiger partial charge in [0.2, 0.25) is 5.91 Å². The molecule has 0 fully saturated rings. The first kappa shape index (κ1) is 30.1. The lowest BCUT2D eigenvalue weighted by Crippen LogP contribution is -2.49. The van der Waals surface area contributed by atoms with Crippen molar-refractivity contribution in [1.82, 2.24) is 5.32 Å². The maximum absolute atomic E-state index is 13.4. The number of carbonyl (C=O) groups is 2. The Labute approximate surface area is 194 Å². The van der Waals surface area contributed by atoms with Gasteiger partial charge in [-0.2, -0.15) is 0 Å². The molecule has 0 aromatic rings. The van der Waals surface area contributed by atoms with E-state index < -0.39 is 11.0 Å². The van der Waals surface area contributed by atoms with E-state index in [4.69, 9.17) is 0 Å². The van der Waals surface area contributed by atoms with Gasteiger partial charge >= 0.3 is 0 Å². The van der Waals surface area contributed by atoms with Crippen molar-refractivity contribution in [3.63, 3.8) is 0 Å². The van der Waals surface area contributed by atoms with Gasteiger partial charge in [0.05, 0.1) is 0 Å². The summed E-state index contributed by atoms with van der Waals surface area (Å²) in [6.45, 7) is 21.8. The van der Waals surface area contributed by atoms with Crippen molar-refractivity contribution in [1.29, 1.82) is 0 Å². The number of unbranched alkanes of at least 4 members (excludes halogenated alkanes) is 1. The molecule has 0 aromatic carbocycles. The molecule has 3 heteroatoms. The average Bonchev–Trinajstić information content (AvgIpc) is 2.64. The van der Waals surface area contributed by atoms with Gasteiger partial charge in [-0.3, -0.25) is 4.79 Å². The normalized spacial score (nSPS) is 17.5. The summed E-state index contributed by atoms with van der Waals surface area (Å²) in [5.41, 5.74) is -0.824. The minimum absolute atomic E-state index is 0.0473. The third kappa shape index (κ3) is 14.0. The van der Waals surface area contributed by atoms with E-state index in [1.165, 1.54) is 38.5 Å². The van der Waals surface area contributed by atoms with E-state index in [1.807, 2.05) is 27.7 Å². The number of hydrogen-bond donors (Lipinski definition) is 1. The monoisotopic (exact) mass is 437 g/mol. The minimum Gasteiger partial charge on any atom is -0.351 e. The molecule has 5 atom stereocenters. The van der Waals surface area contributed by atoms with Crippen LogP contribution in [-0.4, -0.2) is 17.7 Å². The van der Waals surface area contributed by atoms with E-state index >= 15 is 0 Å². The highest BCUT2D eigenvalue weighted by molar-refractivity contribution is 5.79. The summed E-state index contributed by atoms with van der Waals surface area (Å²) in [7, 11) is 0. The number of amides is 1. The van der Waals surface area contributed by atoms with E-state index in [-0.39, 0.29) is 11.8 Å². The molecule has 0 spiro atoms. The third-order valence-electron chi connectivity index (χ3n) is 6.78. The number of carbonyl (C=O) groups excluding carboxylic acids is 2. The van der Waals surface area contributed by atoms with Crippen LogP contribution in [0.5, 0.6) is 0 Å². The number of hydrogen-bond acceptors (Lipinski definition) is 2. The lowest BCUT2D eigenvalue weighted by Gasteiger charge is -2.35. The molecule has 0 aliphatic heterocycles. The predicted molar refractivity (Wildman–Crippen MR) is 135 cm³/mol. The molecule has 1 amide bonds. The summed E-state index contributed by atoms with van der Waals surface area (Å²) in [4.78, 5) is 24.8. The van der Waals surface area contributed by atoms with E-state index in [0.29, 0.717) is 24.2 Å². The summed E-state index contributed by atoms with van der Waals surface area (Å²) >= 11 is 0. The molecule has 0 bridgehead atoms. The van der Waals surface area contributed by atoms with Gasteiger partial charge in [-0.25, -0.2) is 0 Å². The Morgan fingerprint density at radius 2 is 1.35 bits per heavy atom. The number of aldehydes is 1. The van der Waals surface area contributed by atoms with Crippen LogP contribution < -0.4 is 5.32 Å². The topological polar surface area (TPSA) is 46.2 Å². The molecule has 3 nitrogen and oxygen atoms in total. The molecule has 0 heterocycles. The summed E-state index contributed by atoms with van der Waals surface area (Å²) in [6.07, 6.45) is 11.0. The Morgan fingerprint density at radius 1 is 0.839 bits per heavy atom. The van der Waals surface area contributed by atoms with Crippen LogP contribution in [0.2, 0.25) is 0 Å². The zero-order chi connectivity index (χ0) is 24.2. The molecule has 5 unspecified atom stereocenters. The number of nitrogens with one attached hydrogen (secondary N) is 1. The maximum Gasteiger partial charge on any atom is 0.223 e. The van der Waals surface area contributed by atoms with Crippen LogP contribution in [0, 0.1) is 35.0 Å². The van der Waals surface area contributed by atoms with E-state index in [1.54, 1.807) is 0 Å². The molecule has 31 heavy (non-hydrogen) atoms. The molecular formula is C28H55NO2. The van der Waals surface area contributed by atoms with Crippen LogP contribution in [0.1, 0.15) is 127 Å². The molecule has 0 rings (SSSR count). The molecule has 0 saturated heterocycles. The van der Waals surface area contributed by atoms with E-state index in [0.717, 1.165) is 25.0 Å². The van der Waals surface area contributed by atoms with Gasteiger partial charge in [0, 0.05) is 16.9 Å². The van der Waals surface area contributed by atoms with Gasteiger partial charge in [0.15, 0.2) is 0 Å². The summed E-state index contributed by atoms with van der Waals surface area (Å²) in [5, 5.41) is 3.31. The zero-order valence-corrected chi connectivity index (χ0v) is 22.6. The maximum atomic E-state index is 13.4. The molecule has 0 aliphatic rings. The van der Waals surface area contributed by atoms with Crippen LogP contribution in [0.3, 0.4) is 0 Å².